The second-order valence-electron chi connectivity index (χ2n) is 4.57. The molecule has 0 amide bonds. The standard InChI is InChI=1S/C16H16N4/c1-2-19-16(15-7-8-17-11-20-15)14-10-18-9-12-5-3-4-6-13(12)14/h3-11,16,19H,2H2,1H3. The highest BCUT2D eigenvalue weighted by molar-refractivity contribution is 5.85. The second-order valence-corrected chi connectivity index (χ2v) is 4.57. The molecule has 100 valence electrons. The van der Waals surface area contributed by atoms with E-state index >= 15 is 0 Å². The zero-order valence-corrected chi connectivity index (χ0v) is 11.3. The smallest absolute Gasteiger partial charge is 0.115 e. The van der Waals surface area contributed by atoms with Gasteiger partial charge in [0.25, 0.3) is 0 Å². The fraction of sp³-hybridized carbons (Fsp3) is 0.188. The fourth-order valence-electron chi connectivity index (χ4n) is 2.42. The van der Waals surface area contributed by atoms with Crippen LogP contribution in [0.3, 0.4) is 0 Å². The molecule has 0 bridgehead atoms. The molecule has 1 aromatic carbocycles. The van der Waals surface area contributed by atoms with E-state index in [1.54, 1.807) is 12.5 Å². The predicted octanol–water partition coefficient (Wildman–Crippen LogP) is 2.72. The summed E-state index contributed by atoms with van der Waals surface area (Å²) in [7, 11) is 0. The van der Waals surface area contributed by atoms with Gasteiger partial charge in [-0.05, 0) is 18.0 Å². The fourth-order valence-corrected chi connectivity index (χ4v) is 2.42. The third kappa shape index (κ3) is 2.38. The third-order valence-corrected chi connectivity index (χ3v) is 3.32. The molecule has 20 heavy (non-hydrogen) atoms. The van der Waals surface area contributed by atoms with Gasteiger partial charge >= 0.3 is 0 Å². The van der Waals surface area contributed by atoms with Crippen LogP contribution in [0.5, 0.6) is 0 Å². The molecule has 0 fully saturated rings. The van der Waals surface area contributed by atoms with Crippen molar-refractivity contribution in [2.75, 3.05) is 6.54 Å². The van der Waals surface area contributed by atoms with Crippen LogP contribution in [-0.4, -0.2) is 21.5 Å². The van der Waals surface area contributed by atoms with Crippen molar-refractivity contribution in [1.82, 2.24) is 20.3 Å². The topological polar surface area (TPSA) is 50.7 Å². The number of pyridine rings is 1. The lowest BCUT2D eigenvalue weighted by molar-refractivity contribution is 0.616. The summed E-state index contributed by atoms with van der Waals surface area (Å²) in [5.74, 6) is 0. The monoisotopic (exact) mass is 264 g/mol. The molecule has 0 spiro atoms. The SMILES string of the molecule is CCNC(c1ccncn1)c1cncc2ccccc12. The van der Waals surface area contributed by atoms with Gasteiger partial charge in [-0.15, -0.1) is 0 Å². The Morgan fingerprint density at radius 2 is 2.00 bits per heavy atom. The first-order valence-corrected chi connectivity index (χ1v) is 6.72. The van der Waals surface area contributed by atoms with Crippen molar-refractivity contribution >= 4 is 10.8 Å². The molecule has 1 unspecified atom stereocenters. The summed E-state index contributed by atoms with van der Waals surface area (Å²) < 4.78 is 0. The van der Waals surface area contributed by atoms with Gasteiger partial charge < -0.3 is 5.32 Å². The Hall–Kier alpha value is -2.33. The molecule has 1 atom stereocenters. The van der Waals surface area contributed by atoms with Crippen molar-refractivity contribution in [3.8, 4) is 0 Å². The normalized spacial score (nSPS) is 12.4. The number of fused-ring (bicyclic) bond motifs is 1. The molecule has 0 aliphatic rings. The number of hydrogen-bond donors (Lipinski definition) is 1. The predicted molar refractivity (Wildman–Crippen MR) is 79.3 cm³/mol. The number of rotatable bonds is 4. The summed E-state index contributed by atoms with van der Waals surface area (Å²) in [6.45, 7) is 2.95. The van der Waals surface area contributed by atoms with E-state index in [1.807, 2.05) is 24.5 Å². The molecule has 4 heteroatoms. The van der Waals surface area contributed by atoms with Crippen molar-refractivity contribution in [2.45, 2.75) is 13.0 Å². The molecule has 0 radical (unpaired) electrons. The van der Waals surface area contributed by atoms with E-state index in [0.717, 1.165) is 23.2 Å². The van der Waals surface area contributed by atoms with Crippen molar-refractivity contribution in [2.24, 2.45) is 0 Å². The van der Waals surface area contributed by atoms with Gasteiger partial charge in [-0.3, -0.25) is 4.98 Å². The van der Waals surface area contributed by atoms with Gasteiger partial charge in [-0.2, -0.15) is 0 Å². The van der Waals surface area contributed by atoms with Gasteiger partial charge in [0.15, 0.2) is 0 Å². The van der Waals surface area contributed by atoms with Crippen LogP contribution in [0.15, 0.2) is 55.2 Å². The summed E-state index contributed by atoms with van der Waals surface area (Å²) in [6, 6.07) is 10.2. The Bertz CT molecular complexity index is 692. The van der Waals surface area contributed by atoms with Gasteiger partial charge in [0.05, 0.1) is 11.7 Å². The molecule has 0 saturated carbocycles. The Kier molecular flexibility index (Phi) is 3.65. The molecule has 2 heterocycles. The Labute approximate surface area is 117 Å². The van der Waals surface area contributed by atoms with Crippen LogP contribution in [0.1, 0.15) is 24.2 Å². The summed E-state index contributed by atoms with van der Waals surface area (Å²) in [6.07, 6.45) is 7.16. The lowest BCUT2D eigenvalue weighted by atomic mass is 9.99. The number of aromatic nitrogens is 3. The van der Waals surface area contributed by atoms with E-state index in [4.69, 9.17) is 0 Å². The molecule has 0 aliphatic carbocycles. The highest BCUT2D eigenvalue weighted by Crippen LogP contribution is 2.26. The Balaban J connectivity index is 2.15. The van der Waals surface area contributed by atoms with E-state index in [2.05, 4.69) is 45.4 Å². The Morgan fingerprint density at radius 1 is 1.10 bits per heavy atom. The minimum atomic E-state index is 0.0293. The van der Waals surface area contributed by atoms with Gasteiger partial charge in [-0.1, -0.05) is 31.2 Å². The van der Waals surface area contributed by atoms with Crippen LogP contribution >= 0.6 is 0 Å². The summed E-state index contributed by atoms with van der Waals surface area (Å²) in [5.41, 5.74) is 2.10. The molecule has 1 N–H and O–H groups in total. The zero-order chi connectivity index (χ0) is 13.8. The maximum absolute atomic E-state index is 4.38. The first kappa shape index (κ1) is 12.7. The molecule has 0 aliphatic heterocycles. The van der Waals surface area contributed by atoms with E-state index in [0.29, 0.717) is 0 Å². The van der Waals surface area contributed by atoms with Crippen molar-refractivity contribution in [1.29, 1.82) is 0 Å². The molecule has 4 nitrogen and oxygen atoms in total. The van der Waals surface area contributed by atoms with Gasteiger partial charge in [-0.25, -0.2) is 9.97 Å². The van der Waals surface area contributed by atoms with Crippen LogP contribution in [-0.2, 0) is 0 Å². The van der Waals surface area contributed by atoms with Crippen LogP contribution in [0.25, 0.3) is 10.8 Å². The zero-order valence-electron chi connectivity index (χ0n) is 11.3. The summed E-state index contributed by atoms with van der Waals surface area (Å²) >= 11 is 0. The maximum Gasteiger partial charge on any atom is 0.115 e. The van der Waals surface area contributed by atoms with Crippen LogP contribution in [0, 0.1) is 0 Å². The average molecular weight is 264 g/mol. The summed E-state index contributed by atoms with van der Waals surface area (Å²) in [5, 5.41) is 5.82. The first-order valence-electron chi connectivity index (χ1n) is 6.72. The van der Waals surface area contributed by atoms with Gasteiger partial charge in [0, 0.05) is 29.5 Å². The quantitative estimate of drug-likeness (QED) is 0.787. The van der Waals surface area contributed by atoms with Crippen molar-refractivity contribution in [3.05, 3.63) is 66.5 Å². The highest BCUT2D eigenvalue weighted by atomic mass is 15.0. The first-order chi connectivity index (χ1) is 9.90. The average Bonchev–Trinajstić information content (AvgIpc) is 2.53. The number of benzene rings is 1. The van der Waals surface area contributed by atoms with Crippen LogP contribution in [0.4, 0.5) is 0 Å². The molecule has 0 saturated heterocycles. The third-order valence-electron chi connectivity index (χ3n) is 3.32. The molecular formula is C16H16N4. The molecule has 3 aromatic rings. The second kappa shape index (κ2) is 5.75. The van der Waals surface area contributed by atoms with Crippen molar-refractivity contribution in [3.63, 3.8) is 0 Å². The molecular weight excluding hydrogens is 248 g/mol. The maximum atomic E-state index is 4.38. The van der Waals surface area contributed by atoms with Crippen molar-refractivity contribution < 1.29 is 0 Å². The summed E-state index contributed by atoms with van der Waals surface area (Å²) in [4.78, 5) is 12.7. The van der Waals surface area contributed by atoms with E-state index in [-0.39, 0.29) is 6.04 Å². The highest BCUT2D eigenvalue weighted by Gasteiger charge is 2.17. The lowest BCUT2D eigenvalue weighted by Gasteiger charge is -2.19. The van der Waals surface area contributed by atoms with E-state index < -0.39 is 0 Å². The number of hydrogen-bond acceptors (Lipinski definition) is 4. The van der Waals surface area contributed by atoms with Crippen LogP contribution < -0.4 is 5.32 Å². The largest absolute Gasteiger partial charge is 0.305 e. The number of nitrogens with zero attached hydrogens (tertiary/aromatic N) is 3. The minimum Gasteiger partial charge on any atom is -0.305 e. The number of nitrogens with one attached hydrogen (secondary N) is 1. The molecule has 2 aromatic heterocycles. The Morgan fingerprint density at radius 3 is 2.80 bits per heavy atom. The van der Waals surface area contributed by atoms with E-state index in [1.165, 1.54) is 5.39 Å². The lowest BCUT2D eigenvalue weighted by Crippen LogP contribution is -2.23. The molecule has 3 rings (SSSR count). The van der Waals surface area contributed by atoms with Gasteiger partial charge in [0.2, 0.25) is 0 Å². The van der Waals surface area contributed by atoms with Crippen LogP contribution in [0.2, 0.25) is 0 Å². The van der Waals surface area contributed by atoms with Gasteiger partial charge in [0.1, 0.15) is 6.33 Å². The van der Waals surface area contributed by atoms with E-state index in [9.17, 15) is 0 Å². The minimum absolute atomic E-state index is 0.0293.